The standard InChI is InChI=1S/C17H18FNO4/c1-17(2)9-19(13-7-21-8-14(13)23-17)16(20)11-3-4-12(18)15-10(11)5-6-22-15/h3-6,13-14H,7-9H2,1-2H3/t13-,14-/m1/s1. The van der Waals surface area contributed by atoms with E-state index in [-0.39, 0.29) is 23.6 Å². The fourth-order valence-corrected chi connectivity index (χ4v) is 3.49. The molecule has 0 bridgehead atoms. The minimum absolute atomic E-state index is 0.109. The number of furan rings is 1. The van der Waals surface area contributed by atoms with Gasteiger partial charge in [-0.2, -0.15) is 0 Å². The van der Waals surface area contributed by atoms with Crippen LogP contribution in [0.4, 0.5) is 4.39 Å². The minimum atomic E-state index is -0.467. The molecule has 0 radical (unpaired) electrons. The summed E-state index contributed by atoms with van der Waals surface area (Å²) >= 11 is 0. The molecule has 0 saturated carbocycles. The summed E-state index contributed by atoms with van der Waals surface area (Å²) in [7, 11) is 0. The first kappa shape index (κ1) is 14.7. The van der Waals surface area contributed by atoms with Crippen molar-refractivity contribution in [2.24, 2.45) is 0 Å². The van der Waals surface area contributed by atoms with Crippen molar-refractivity contribution >= 4 is 16.9 Å². The van der Waals surface area contributed by atoms with E-state index in [0.717, 1.165) is 0 Å². The van der Waals surface area contributed by atoms with Crippen molar-refractivity contribution in [1.82, 2.24) is 4.90 Å². The van der Waals surface area contributed by atoms with Gasteiger partial charge >= 0.3 is 0 Å². The van der Waals surface area contributed by atoms with E-state index in [1.807, 2.05) is 13.8 Å². The third-order valence-electron chi connectivity index (χ3n) is 4.48. The summed E-state index contributed by atoms with van der Waals surface area (Å²) in [6.45, 7) is 5.33. The van der Waals surface area contributed by atoms with Crippen LogP contribution in [0.3, 0.4) is 0 Å². The summed E-state index contributed by atoms with van der Waals surface area (Å²) in [6, 6.07) is 4.30. The summed E-state index contributed by atoms with van der Waals surface area (Å²) in [5.41, 5.74) is 0.112. The fourth-order valence-electron chi connectivity index (χ4n) is 3.49. The first-order chi connectivity index (χ1) is 11.0. The zero-order chi connectivity index (χ0) is 16.2. The van der Waals surface area contributed by atoms with Crippen LogP contribution in [0.25, 0.3) is 11.0 Å². The summed E-state index contributed by atoms with van der Waals surface area (Å²) in [4.78, 5) is 14.9. The van der Waals surface area contributed by atoms with E-state index in [1.165, 1.54) is 18.4 Å². The Labute approximate surface area is 132 Å². The first-order valence-corrected chi connectivity index (χ1v) is 7.68. The lowest BCUT2D eigenvalue weighted by molar-refractivity contribution is -0.137. The summed E-state index contributed by atoms with van der Waals surface area (Å²) in [6.07, 6.45) is 1.28. The lowest BCUT2D eigenvalue weighted by Crippen LogP contribution is -2.60. The van der Waals surface area contributed by atoms with Crippen LogP contribution in [0.5, 0.6) is 0 Å². The highest BCUT2D eigenvalue weighted by Crippen LogP contribution is 2.32. The van der Waals surface area contributed by atoms with Crippen molar-refractivity contribution in [2.75, 3.05) is 19.8 Å². The summed E-state index contributed by atoms with van der Waals surface area (Å²) in [5.74, 6) is -0.612. The SMILES string of the molecule is CC1(C)CN(C(=O)c2ccc(F)c3occc23)[C@@H]2COC[C@H]2O1. The predicted octanol–water partition coefficient (Wildman–Crippen LogP) is 2.59. The molecule has 0 N–H and O–H groups in total. The molecule has 2 atom stereocenters. The second-order valence-electron chi connectivity index (χ2n) is 6.71. The highest BCUT2D eigenvalue weighted by Gasteiger charge is 2.46. The van der Waals surface area contributed by atoms with Crippen LogP contribution < -0.4 is 0 Å². The average Bonchev–Trinajstić information content (AvgIpc) is 3.14. The van der Waals surface area contributed by atoms with Gasteiger partial charge in [0.05, 0.1) is 36.7 Å². The third kappa shape index (κ3) is 2.33. The van der Waals surface area contributed by atoms with Crippen molar-refractivity contribution < 1.29 is 23.1 Å². The largest absolute Gasteiger partial charge is 0.461 e. The fraction of sp³-hybridized carbons (Fsp3) is 0.471. The molecule has 5 nitrogen and oxygen atoms in total. The van der Waals surface area contributed by atoms with Crippen molar-refractivity contribution in [3.05, 3.63) is 35.8 Å². The molecule has 1 aromatic heterocycles. The smallest absolute Gasteiger partial charge is 0.255 e. The van der Waals surface area contributed by atoms with Crippen molar-refractivity contribution in [1.29, 1.82) is 0 Å². The maximum Gasteiger partial charge on any atom is 0.255 e. The van der Waals surface area contributed by atoms with Gasteiger partial charge in [0.15, 0.2) is 11.4 Å². The monoisotopic (exact) mass is 319 g/mol. The molecule has 2 aliphatic rings. The number of ether oxygens (including phenoxy) is 2. The quantitative estimate of drug-likeness (QED) is 0.811. The molecule has 0 aliphatic carbocycles. The molecule has 3 heterocycles. The topological polar surface area (TPSA) is 51.9 Å². The van der Waals surface area contributed by atoms with Crippen LogP contribution in [-0.4, -0.2) is 48.3 Å². The molecule has 0 unspecified atom stereocenters. The highest BCUT2D eigenvalue weighted by molar-refractivity contribution is 6.06. The van der Waals surface area contributed by atoms with Gasteiger partial charge in [-0.1, -0.05) is 0 Å². The molecule has 122 valence electrons. The van der Waals surface area contributed by atoms with Crippen LogP contribution in [0, 0.1) is 5.82 Å². The Hall–Kier alpha value is -1.92. The molecule has 0 spiro atoms. The van der Waals surface area contributed by atoms with Crippen LogP contribution in [0.15, 0.2) is 28.9 Å². The van der Waals surface area contributed by atoms with E-state index in [0.29, 0.717) is 30.7 Å². The molecule has 6 heteroatoms. The molecule has 2 aliphatic heterocycles. The van der Waals surface area contributed by atoms with E-state index in [1.54, 1.807) is 11.0 Å². The molecule has 1 aromatic carbocycles. The van der Waals surface area contributed by atoms with Crippen LogP contribution >= 0.6 is 0 Å². The number of fused-ring (bicyclic) bond motifs is 2. The Morgan fingerprint density at radius 2 is 2.13 bits per heavy atom. The number of hydrogen-bond donors (Lipinski definition) is 0. The number of halogens is 1. The molecule has 2 aromatic rings. The zero-order valence-corrected chi connectivity index (χ0v) is 13.0. The number of benzene rings is 1. The maximum absolute atomic E-state index is 13.8. The van der Waals surface area contributed by atoms with E-state index < -0.39 is 11.4 Å². The number of carbonyl (C=O) groups excluding carboxylic acids is 1. The zero-order valence-electron chi connectivity index (χ0n) is 13.0. The van der Waals surface area contributed by atoms with Gasteiger partial charge in [0, 0.05) is 11.9 Å². The third-order valence-corrected chi connectivity index (χ3v) is 4.48. The van der Waals surface area contributed by atoms with E-state index >= 15 is 0 Å². The summed E-state index contributed by atoms with van der Waals surface area (Å²) < 4.78 is 30.4. The van der Waals surface area contributed by atoms with Crippen LogP contribution in [-0.2, 0) is 9.47 Å². The van der Waals surface area contributed by atoms with Gasteiger partial charge in [-0.15, -0.1) is 0 Å². The van der Waals surface area contributed by atoms with Gasteiger partial charge in [-0.25, -0.2) is 4.39 Å². The van der Waals surface area contributed by atoms with Crippen LogP contribution in [0.2, 0.25) is 0 Å². The molecule has 1 amide bonds. The van der Waals surface area contributed by atoms with Gasteiger partial charge in [0.1, 0.15) is 6.10 Å². The van der Waals surface area contributed by atoms with Crippen molar-refractivity contribution in [3.8, 4) is 0 Å². The van der Waals surface area contributed by atoms with Gasteiger partial charge in [0.25, 0.3) is 5.91 Å². The number of hydrogen-bond acceptors (Lipinski definition) is 4. The normalized spacial score (nSPS) is 26.5. The van der Waals surface area contributed by atoms with Crippen LogP contribution in [0.1, 0.15) is 24.2 Å². The van der Waals surface area contributed by atoms with Gasteiger partial charge < -0.3 is 18.8 Å². The number of nitrogens with zero attached hydrogens (tertiary/aromatic N) is 1. The Kier molecular flexibility index (Phi) is 3.21. The molecular formula is C17H18FNO4. The number of morpholine rings is 1. The second kappa shape index (κ2) is 5.04. The minimum Gasteiger partial charge on any atom is -0.461 e. The first-order valence-electron chi connectivity index (χ1n) is 7.68. The van der Waals surface area contributed by atoms with Crippen molar-refractivity contribution in [2.45, 2.75) is 31.6 Å². The Balaban J connectivity index is 1.75. The van der Waals surface area contributed by atoms with E-state index in [4.69, 9.17) is 13.9 Å². The lowest BCUT2D eigenvalue weighted by atomic mass is 9.99. The van der Waals surface area contributed by atoms with Gasteiger partial charge in [0.2, 0.25) is 0 Å². The Morgan fingerprint density at radius 1 is 1.30 bits per heavy atom. The second-order valence-corrected chi connectivity index (χ2v) is 6.71. The molecule has 2 fully saturated rings. The Morgan fingerprint density at radius 3 is 2.96 bits per heavy atom. The van der Waals surface area contributed by atoms with Crippen molar-refractivity contribution in [3.63, 3.8) is 0 Å². The van der Waals surface area contributed by atoms with Gasteiger partial charge in [-0.05, 0) is 32.0 Å². The summed E-state index contributed by atoms with van der Waals surface area (Å²) in [5, 5.41) is 0.495. The Bertz CT molecular complexity index is 769. The molecular weight excluding hydrogens is 301 g/mol. The average molecular weight is 319 g/mol. The lowest BCUT2D eigenvalue weighted by Gasteiger charge is -2.45. The predicted molar refractivity (Wildman–Crippen MR) is 80.8 cm³/mol. The maximum atomic E-state index is 13.8. The molecule has 23 heavy (non-hydrogen) atoms. The van der Waals surface area contributed by atoms with E-state index in [9.17, 15) is 9.18 Å². The van der Waals surface area contributed by atoms with Gasteiger partial charge in [-0.3, -0.25) is 4.79 Å². The van der Waals surface area contributed by atoms with E-state index in [2.05, 4.69) is 0 Å². The number of carbonyl (C=O) groups is 1. The molecule has 2 saturated heterocycles. The highest BCUT2D eigenvalue weighted by atomic mass is 19.1. The number of amides is 1. The number of rotatable bonds is 1. The molecule has 4 rings (SSSR count).